The standard InChI is InChI=1S/C11H16F2N2O2/c1-7-5-8(15-17-7)9(16)14-6-11(12,13)10(2,3)4/h5H,6H2,1-4H3,(H,14,16). The van der Waals surface area contributed by atoms with Crippen molar-refractivity contribution in [1.82, 2.24) is 10.5 Å². The van der Waals surface area contributed by atoms with Crippen molar-refractivity contribution in [2.75, 3.05) is 6.54 Å². The van der Waals surface area contributed by atoms with Crippen molar-refractivity contribution >= 4 is 5.91 Å². The lowest BCUT2D eigenvalue weighted by molar-refractivity contribution is -0.0917. The second kappa shape index (κ2) is 4.43. The van der Waals surface area contributed by atoms with Crippen LogP contribution in [0.2, 0.25) is 0 Å². The third kappa shape index (κ3) is 3.25. The minimum atomic E-state index is -2.98. The number of aromatic nitrogens is 1. The Morgan fingerprint density at radius 3 is 2.47 bits per heavy atom. The van der Waals surface area contributed by atoms with Gasteiger partial charge >= 0.3 is 0 Å². The Morgan fingerprint density at radius 2 is 2.06 bits per heavy atom. The molecular formula is C11H16F2N2O2. The Morgan fingerprint density at radius 1 is 1.47 bits per heavy atom. The van der Waals surface area contributed by atoms with Crippen LogP contribution in [0.1, 0.15) is 37.0 Å². The molecule has 0 atom stereocenters. The highest BCUT2D eigenvalue weighted by molar-refractivity contribution is 5.92. The lowest BCUT2D eigenvalue weighted by Crippen LogP contribution is -2.45. The summed E-state index contributed by atoms with van der Waals surface area (Å²) in [4.78, 5) is 11.5. The molecule has 0 aliphatic carbocycles. The minimum absolute atomic E-state index is 0.00668. The molecule has 0 unspecified atom stereocenters. The SMILES string of the molecule is Cc1cc(C(=O)NCC(F)(F)C(C)(C)C)no1. The summed E-state index contributed by atoms with van der Waals surface area (Å²) in [5, 5.41) is 5.59. The lowest BCUT2D eigenvalue weighted by Gasteiger charge is -2.30. The second-order valence-corrected chi connectivity index (χ2v) is 4.96. The van der Waals surface area contributed by atoms with Crippen molar-refractivity contribution in [2.24, 2.45) is 5.41 Å². The molecule has 1 rings (SSSR count). The summed E-state index contributed by atoms with van der Waals surface area (Å²) >= 11 is 0. The normalized spacial score (nSPS) is 12.6. The van der Waals surface area contributed by atoms with Crippen LogP contribution in [0, 0.1) is 12.3 Å². The van der Waals surface area contributed by atoms with Crippen molar-refractivity contribution < 1.29 is 18.1 Å². The molecule has 96 valence electrons. The Labute approximate surface area is 98.4 Å². The van der Waals surface area contributed by atoms with E-state index in [1.165, 1.54) is 26.8 Å². The highest BCUT2D eigenvalue weighted by Crippen LogP contribution is 2.34. The highest BCUT2D eigenvalue weighted by Gasteiger charge is 2.43. The topological polar surface area (TPSA) is 55.1 Å². The van der Waals surface area contributed by atoms with E-state index in [2.05, 4.69) is 15.0 Å². The van der Waals surface area contributed by atoms with Crippen molar-refractivity contribution in [3.05, 3.63) is 17.5 Å². The van der Waals surface area contributed by atoms with Gasteiger partial charge in [0.05, 0.1) is 6.54 Å². The van der Waals surface area contributed by atoms with Gasteiger partial charge in [-0.25, -0.2) is 8.78 Å². The molecule has 0 aliphatic rings. The predicted octanol–water partition coefficient (Wildman–Crippen LogP) is 2.39. The molecule has 0 saturated heterocycles. The maximum absolute atomic E-state index is 13.6. The average Bonchev–Trinajstić information content (AvgIpc) is 2.59. The molecule has 1 aromatic heterocycles. The molecular weight excluding hydrogens is 230 g/mol. The fourth-order valence-corrected chi connectivity index (χ4v) is 1.02. The summed E-state index contributed by atoms with van der Waals surface area (Å²) in [6.45, 7) is 5.15. The fraction of sp³-hybridized carbons (Fsp3) is 0.636. The van der Waals surface area contributed by atoms with Gasteiger partial charge in [-0.05, 0) is 6.92 Å². The van der Waals surface area contributed by atoms with E-state index < -0.39 is 23.8 Å². The van der Waals surface area contributed by atoms with Gasteiger partial charge in [0.1, 0.15) is 5.76 Å². The maximum Gasteiger partial charge on any atom is 0.273 e. The molecule has 1 N–H and O–H groups in total. The molecule has 0 aliphatic heterocycles. The molecule has 1 aromatic rings. The predicted molar refractivity (Wildman–Crippen MR) is 58.0 cm³/mol. The first-order chi connectivity index (χ1) is 7.63. The Kier molecular flexibility index (Phi) is 3.54. The molecule has 6 heteroatoms. The number of hydrogen-bond acceptors (Lipinski definition) is 3. The number of alkyl halides is 2. The first kappa shape index (κ1) is 13.6. The summed E-state index contributed by atoms with van der Waals surface area (Å²) in [6, 6.07) is 1.39. The van der Waals surface area contributed by atoms with Crippen LogP contribution < -0.4 is 5.32 Å². The Hall–Kier alpha value is -1.46. The summed E-state index contributed by atoms with van der Waals surface area (Å²) in [5.74, 6) is -3.19. The molecule has 1 heterocycles. The van der Waals surface area contributed by atoms with E-state index in [9.17, 15) is 13.6 Å². The van der Waals surface area contributed by atoms with Crippen molar-refractivity contribution in [2.45, 2.75) is 33.6 Å². The number of hydrogen-bond donors (Lipinski definition) is 1. The maximum atomic E-state index is 13.6. The summed E-state index contributed by atoms with van der Waals surface area (Å²) in [7, 11) is 0. The number of aryl methyl sites for hydroxylation is 1. The van der Waals surface area contributed by atoms with Crippen LogP contribution in [0.5, 0.6) is 0 Å². The van der Waals surface area contributed by atoms with Gasteiger partial charge < -0.3 is 9.84 Å². The molecule has 4 nitrogen and oxygen atoms in total. The average molecular weight is 246 g/mol. The van der Waals surface area contributed by atoms with Crippen LogP contribution in [-0.2, 0) is 0 Å². The van der Waals surface area contributed by atoms with Gasteiger partial charge in [0.15, 0.2) is 5.69 Å². The summed E-state index contributed by atoms with van der Waals surface area (Å²) < 4.78 is 31.8. The van der Waals surface area contributed by atoms with Gasteiger partial charge in [-0.15, -0.1) is 0 Å². The van der Waals surface area contributed by atoms with Crippen molar-refractivity contribution in [3.63, 3.8) is 0 Å². The monoisotopic (exact) mass is 246 g/mol. The second-order valence-electron chi connectivity index (χ2n) is 4.96. The third-order valence-electron chi connectivity index (χ3n) is 2.43. The molecule has 0 fully saturated rings. The van der Waals surface area contributed by atoms with Crippen molar-refractivity contribution in [1.29, 1.82) is 0 Å². The number of nitrogens with zero attached hydrogens (tertiary/aromatic N) is 1. The van der Waals surface area contributed by atoms with Gasteiger partial charge in [0.25, 0.3) is 11.8 Å². The zero-order valence-corrected chi connectivity index (χ0v) is 10.3. The molecule has 0 saturated carbocycles. The van der Waals surface area contributed by atoms with Crippen LogP contribution >= 0.6 is 0 Å². The largest absolute Gasteiger partial charge is 0.361 e. The fourth-order valence-electron chi connectivity index (χ4n) is 1.02. The molecule has 0 bridgehead atoms. The van der Waals surface area contributed by atoms with E-state index in [1.807, 2.05) is 0 Å². The Bertz CT molecular complexity index is 408. The number of rotatable bonds is 3. The van der Waals surface area contributed by atoms with Crippen LogP contribution in [0.3, 0.4) is 0 Å². The van der Waals surface area contributed by atoms with Crippen LogP contribution in [-0.4, -0.2) is 23.5 Å². The molecule has 1 amide bonds. The number of carbonyl (C=O) groups is 1. The van der Waals surface area contributed by atoms with E-state index in [-0.39, 0.29) is 5.69 Å². The van der Waals surface area contributed by atoms with Crippen LogP contribution in [0.25, 0.3) is 0 Å². The molecule has 0 radical (unpaired) electrons. The molecule has 17 heavy (non-hydrogen) atoms. The van der Waals surface area contributed by atoms with E-state index in [4.69, 9.17) is 0 Å². The van der Waals surface area contributed by atoms with Gasteiger partial charge in [-0.2, -0.15) is 0 Å². The lowest BCUT2D eigenvalue weighted by atomic mass is 9.88. The zero-order valence-electron chi connectivity index (χ0n) is 10.3. The van der Waals surface area contributed by atoms with Crippen LogP contribution in [0.15, 0.2) is 10.6 Å². The Balaban J connectivity index is 2.60. The van der Waals surface area contributed by atoms with Gasteiger partial charge in [-0.3, -0.25) is 4.79 Å². The first-order valence-corrected chi connectivity index (χ1v) is 5.23. The van der Waals surface area contributed by atoms with Crippen molar-refractivity contribution in [3.8, 4) is 0 Å². The molecule has 0 aromatic carbocycles. The quantitative estimate of drug-likeness (QED) is 0.890. The zero-order chi connectivity index (χ0) is 13.3. The van der Waals surface area contributed by atoms with E-state index in [0.29, 0.717) is 5.76 Å². The highest BCUT2D eigenvalue weighted by atomic mass is 19.3. The van der Waals surface area contributed by atoms with Gasteiger partial charge in [0, 0.05) is 11.5 Å². The number of amides is 1. The first-order valence-electron chi connectivity index (χ1n) is 5.23. The number of nitrogens with one attached hydrogen (secondary N) is 1. The number of carbonyl (C=O) groups excluding carboxylic acids is 1. The molecule has 0 spiro atoms. The van der Waals surface area contributed by atoms with Gasteiger partial charge in [-0.1, -0.05) is 25.9 Å². The summed E-state index contributed by atoms with van der Waals surface area (Å²) in [5.41, 5.74) is -1.20. The summed E-state index contributed by atoms with van der Waals surface area (Å²) in [6.07, 6.45) is 0. The van der Waals surface area contributed by atoms with E-state index in [0.717, 1.165) is 0 Å². The van der Waals surface area contributed by atoms with E-state index >= 15 is 0 Å². The van der Waals surface area contributed by atoms with Gasteiger partial charge in [0.2, 0.25) is 0 Å². The van der Waals surface area contributed by atoms with Crippen LogP contribution in [0.4, 0.5) is 8.78 Å². The third-order valence-corrected chi connectivity index (χ3v) is 2.43. The number of halogens is 2. The minimum Gasteiger partial charge on any atom is -0.361 e. The smallest absolute Gasteiger partial charge is 0.273 e. The van der Waals surface area contributed by atoms with E-state index in [1.54, 1.807) is 6.92 Å².